The van der Waals surface area contributed by atoms with Crippen molar-refractivity contribution in [3.63, 3.8) is 0 Å². The highest BCUT2D eigenvalue weighted by molar-refractivity contribution is 6.32. The van der Waals surface area contributed by atoms with Gasteiger partial charge in [0.05, 0.1) is 27.9 Å². The number of pyridine rings is 1. The van der Waals surface area contributed by atoms with Gasteiger partial charge in [-0.25, -0.2) is 13.8 Å². The second kappa shape index (κ2) is 7.52. The highest BCUT2D eigenvalue weighted by Gasteiger charge is 2.16. The lowest BCUT2D eigenvalue weighted by atomic mass is 10.1. The van der Waals surface area contributed by atoms with Crippen LogP contribution in [0.25, 0.3) is 11.3 Å². The van der Waals surface area contributed by atoms with Gasteiger partial charge in [0.1, 0.15) is 17.4 Å². The van der Waals surface area contributed by atoms with Crippen molar-refractivity contribution in [2.75, 3.05) is 0 Å². The molecule has 0 bridgehead atoms. The van der Waals surface area contributed by atoms with Crippen LogP contribution in [0, 0.1) is 23.0 Å². The molecule has 0 spiro atoms. The van der Waals surface area contributed by atoms with Gasteiger partial charge >= 0.3 is 0 Å². The molecule has 1 heterocycles. The minimum absolute atomic E-state index is 0.0818. The van der Waals surface area contributed by atoms with E-state index in [0.717, 1.165) is 18.2 Å². The first kappa shape index (κ1) is 18.5. The minimum atomic E-state index is -0.755. The minimum Gasteiger partial charge on any atom is -0.437 e. The summed E-state index contributed by atoms with van der Waals surface area (Å²) in [6, 6.07) is 12.3. The van der Waals surface area contributed by atoms with E-state index in [0.29, 0.717) is 5.56 Å². The summed E-state index contributed by atoms with van der Waals surface area (Å²) in [5.41, 5.74) is 0.862. The van der Waals surface area contributed by atoms with Crippen molar-refractivity contribution < 1.29 is 18.3 Å². The Bertz CT molecular complexity index is 1070. The van der Waals surface area contributed by atoms with Gasteiger partial charge in [-0.1, -0.05) is 11.6 Å². The molecule has 7 heteroatoms. The zero-order valence-corrected chi connectivity index (χ0v) is 14.7. The van der Waals surface area contributed by atoms with E-state index < -0.39 is 11.6 Å². The third-order valence-corrected chi connectivity index (χ3v) is 3.98. The molecule has 0 atom stereocenters. The summed E-state index contributed by atoms with van der Waals surface area (Å²) in [6.07, 6.45) is 0. The molecule has 0 radical (unpaired) electrons. The van der Waals surface area contributed by atoms with Gasteiger partial charge in [0.25, 0.3) is 0 Å². The molecule has 0 N–H and O–H groups in total. The predicted molar refractivity (Wildman–Crippen MR) is 95.8 cm³/mol. The van der Waals surface area contributed by atoms with E-state index >= 15 is 0 Å². The summed E-state index contributed by atoms with van der Waals surface area (Å²) in [6.45, 7) is 1.33. The van der Waals surface area contributed by atoms with Crippen LogP contribution >= 0.6 is 11.6 Å². The molecule has 4 nitrogen and oxygen atoms in total. The van der Waals surface area contributed by atoms with E-state index in [1.54, 1.807) is 0 Å². The average molecular weight is 385 g/mol. The number of hydrogen-bond donors (Lipinski definition) is 0. The third-order valence-electron chi connectivity index (χ3n) is 3.66. The number of nitriles is 1. The first-order valence-corrected chi connectivity index (χ1v) is 8.11. The first-order valence-electron chi connectivity index (χ1n) is 7.73. The molecule has 0 amide bonds. The van der Waals surface area contributed by atoms with Crippen LogP contribution in [0.15, 0.2) is 48.5 Å². The lowest BCUT2D eigenvalue weighted by Crippen LogP contribution is -2.01. The van der Waals surface area contributed by atoms with Crippen LogP contribution in [0.4, 0.5) is 8.78 Å². The van der Waals surface area contributed by atoms with Gasteiger partial charge in [-0.2, -0.15) is 5.26 Å². The van der Waals surface area contributed by atoms with Crippen LogP contribution in [0.3, 0.4) is 0 Å². The maximum atomic E-state index is 13.5. The van der Waals surface area contributed by atoms with Crippen LogP contribution in [0.2, 0.25) is 5.02 Å². The number of Topliss-reactive ketones (excluding diaryl/α,β-unsaturated/α-hetero) is 1. The molecule has 0 aliphatic heterocycles. The number of benzene rings is 2. The smallest absolute Gasteiger partial charge is 0.230 e. The number of ether oxygens (including phenoxy) is 1. The molecule has 0 saturated carbocycles. The van der Waals surface area contributed by atoms with Crippen LogP contribution in [0.5, 0.6) is 11.6 Å². The van der Waals surface area contributed by atoms with Gasteiger partial charge in [-0.15, -0.1) is 0 Å². The van der Waals surface area contributed by atoms with Crippen molar-refractivity contribution in [2.45, 2.75) is 6.92 Å². The standard InChI is InChI=1S/C20H11ClF2N2O2/c1-11(26)16-3-5-18(13-7-14(22)9-15(23)8-13)25-20(16)27-19-6-12(10-24)2-4-17(19)21/h2-9H,1H3. The summed E-state index contributed by atoms with van der Waals surface area (Å²) in [4.78, 5) is 16.1. The van der Waals surface area contributed by atoms with Crippen molar-refractivity contribution in [2.24, 2.45) is 0 Å². The second-order valence-corrected chi connectivity index (χ2v) is 6.03. The summed E-state index contributed by atoms with van der Waals surface area (Å²) in [7, 11) is 0. The SMILES string of the molecule is CC(=O)c1ccc(-c2cc(F)cc(F)c2)nc1Oc1cc(C#N)ccc1Cl. The fraction of sp³-hybridized carbons (Fsp3) is 0.0500. The molecule has 3 aromatic rings. The van der Waals surface area contributed by atoms with Crippen molar-refractivity contribution >= 4 is 17.4 Å². The van der Waals surface area contributed by atoms with E-state index in [1.807, 2.05) is 6.07 Å². The van der Waals surface area contributed by atoms with Crippen LogP contribution in [-0.2, 0) is 0 Å². The van der Waals surface area contributed by atoms with E-state index in [1.165, 1.54) is 37.3 Å². The van der Waals surface area contributed by atoms with Crippen molar-refractivity contribution in [3.05, 3.63) is 76.3 Å². The third kappa shape index (κ3) is 4.10. The molecule has 134 valence electrons. The predicted octanol–water partition coefficient (Wildman–Crippen LogP) is 5.55. The van der Waals surface area contributed by atoms with Crippen molar-refractivity contribution in [3.8, 4) is 29.0 Å². The van der Waals surface area contributed by atoms with Crippen LogP contribution in [0.1, 0.15) is 22.8 Å². The number of carbonyl (C=O) groups excluding carboxylic acids is 1. The number of nitrogens with zero attached hydrogens (tertiary/aromatic N) is 2. The normalized spacial score (nSPS) is 10.3. The molecule has 27 heavy (non-hydrogen) atoms. The molecule has 0 unspecified atom stereocenters. The molecule has 0 saturated heterocycles. The maximum absolute atomic E-state index is 13.5. The number of aromatic nitrogens is 1. The van der Waals surface area contributed by atoms with Gasteiger partial charge in [-0.3, -0.25) is 4.79 Å². The van der Waals surface area contributed by atoms with E-state index in [2.05, 4.69) is 4.98 Å². The fourth-order valence-corrected chi connectivity index (χ4v) is 2.56. The number of ketones is 1. The lowest BCUT2D eigenvalue weighted by molar-refractivity contribution is 0.101. The summed E-state index contributed by atoms with van der Waals surface area (Å²) in [5, 5.41) is 9.23. The molecule has 3 rings (SSSR count). The Hall–Kier alpha value is -3.30. The van der Waals surface area contributed by atoms with Gasteiger partial charge in [0, 0.05) is 17.7 Å². The molecular formula is C20H11ClF2N2O2. The number of halogens is 3. The Morgan fingerprint density at radius 2 is 1.81 bits per heavy atom. The molecule has 0 aliphatic carbocycles. The van der Waals surface area contributed by atoms with Crippen LogP contribution in [-0.4, -0.2) is 10.8 Å². The van der Waals surface area contributed by atoms with E-state index in [9.17, 15) is 13.6 Å². The van der Waals surface area contributed by atoms with Gasteiger partial charge in [-0.05, 0) is 43.3 Å². The summed E-state index contributed by atoms with van der Waals surface area (Å²) >= 11 is 6.09. The highest BCUT2D eigenvalue weighted by atomic mass is 35.5. The Kier molecular flexibility index (Phi) is 5.15. The average Bonchev–Trinajstić information content (AvgIpc) is 2.62. The van der Waals surface area contributed by atoms with Crippen molar-refractivity contribution in [1.82, 2.24) is 4.98 Å². The van der Waals surface area contributed by atoms with E-state index in [-0.39, 0.29) is 39.3 Å². The maximum Gasteiger partial charge on any atom is 0.230 e. The topological polar surface area (TPSA) is 63.0 Å². The fourth-order valence-electron chi connectivity index (χ4n) is 2.40. The van der Waals surface area contributed by atoms with Gasteiger partial charge in [0.2, 0.25) is 5.88 Å². The Morgan fingerprint density at radius 3 is 2.44 bits per heavy atom. The largest absolute Gasteiger partial charge is 0.437 e. The molecule has 0 aliphatic rings. The monoisotopic (exact) mass is 384 g/mol. The van der Waals surface area contributed by atoms with E-state index in [4.69, 9.17) is 21.6 Å². The van der Waals surface area contributed by atoms with Gasteiger partial charge in [0.15, 0.2) is 5.78 Å². The number of hydrogen-bond acceptors (Lipinski definition) is 4. The Morgan fingerprint density at radius 1 is 1.11 bits per heavy atom. The Balaban J connectivity index is 2.10. The van der Waals surface area contributed by atoms with Crippen LogP contribution < -0.4 is 4.74 Å². The molecular weight excluding hydrogens is 374 g/mol. The second-order valence-electron chi connectivity index (χ2n) is 5.62. The Labute approximate surface area is 158 Å². The zero-order valence-electron chi connectivity index (χ0n) is 14.0. The van der Waals surface area contributed by atoms with Crippen molar-refractivity contribution in [1.29, 1.82) is 5.26 Å². The highest BCUT2D eigenvalue weighted by Crippen LogP contribution is 2.33. The summed E-state index contributed by atoms with van der Waals surface area (Å²) in [5.74, 6) is -1.78. The van der Waals surface area contributed by atoms with Gasteiger partial charge < -0.3 is 4.74 Å². The quantitative estimate of drug-likeness (QED) is 0.553. The summed E-state index contributed by atoms with van der Waals surface area (Å²) < 4.78 is 32.7. The molecule has 1 aromatic heterocycles. The lowest BCUT2D eigenvalue weighted by Gasteiger charge is -2.12. The first-order chi connectivity index (χ1) is 12.9. The zero-order chi connectivity index (χ0) is 19.6. The number of carbonyl (C=O) groups is 1. The number of rotatable bonds is 4. The molecule has 0 fully saturated rings. The molecule has 2 aromatic carbocycles.